The fraction of sp³-hybridized carbons (Fsp3) is 0.381. The first-order chi connectivity index (χ1) is 13.2. The fourth-order valence-electron chi connectivity index (χ4n) is 3.76. The first kappa shape index (κ1) is 17.3. The number of nitriles is 1. The second kappa shape index (κ2) is 7.67. The van der Waals surface area contributed by atoms with Crippen molar-refractivity contribution in [3.05, 3.63) is 53.7 Å². The number of fused-ring (bicyclic) bond motifs is 1. The summed E-state index contributed by atoms with van der Waals surface area (Å²) < 4.78 is 5.80. The van der Waals surface area contributed by atoms with Crippen LogP contribution in [0.15, 0.2) is 42.6 Å². The van der Waals surface area contributed by atoms with Crippen molar-refractivity contribution in [2.24, 2.45) is 5.92 Å². The normalized spacial score (nSPS) is 19.4. The average Bonchev–Trinajstić information content (AvgIpc) is 2.96. The van der Waals surface area contributed by atoms with E-state index >= 15 is 0 Å². The Kier molecular flexibility index (Phi) is 4.93. The molecule has 27 heavy (non-hydrogen) atoms. The second-order valence-electron chi connectivity index (χ2n) is 6.98. The number of rotatable bonds is 2. The van der Waals surface area contributed by atoms with Gasteiger partial charge in [-0.05, 0) is 36.6 Å². The lowest BCUT2D eigenvalue weighted by molar-refractivity contribution is -0.136. The van der Waals surface area contributed by atoms with Gasteiger partial charge in [0.2, 0.25) is 5.91 Å². The SMILES string of the molecule is N#Cc1ccc(N2CCN(C(=O)[C@@H]3CCOc4ccccc4C3)CC2)nc1. The maximum absolute atomic E-state index is 13.0. The van der Waals surface area contributed by atoms with Crippen molar-refractivity contribution < 1.29 is 9.53 Å². The highest BCUT2D eigenvalue weighted by Crippen LogP contribution is 2.28. The van der Waals surface area contributed by atoms with E-state index in [1.165, 1.54) is 0 Å². The van der Waals surface area contributed by atoms with Crippen molar-refractivity contribution in [1.82, 2.24) is 9.88 Å². The zero-order chi connectivity index (χ0) is 18.6. The van der Waals surface area contributed by atoms with E-state index in [0.29, 0.717) is 25.3 Å². The molecule has 2 aliphatic heterocycles. The summed E-state index contributed by atoms with van der Waals surface area (Å²) in [6.45, 7) is 3.48. The summed E-state index contributed by atoms with van der Waals surface area (Å²) in [5.74, 6) is 1.97. The van der Waals surface area contributed by atoms with E-state index in [0.717, 1.165) is 43.1 Å². The number of hydrogen-bond donors (Lipinski definition) is 0. The van der Waals surface area contributed by atoms with Gasteiger partial charge in [-0.1, -0.05) is 18.2 Å². The van der Waals surface area contributed by atoms with E-state index in [2.05, 4.69) is 22.0 Å². The Labute approximate surface area is 159 Å². The van der Waals surface area contributed by atoms with Crippen LogP contribution in [0.4, 0.5) is 5.82 Å². The van der Waals surface area contributed by atoms with Crippen LogP contribution >= 0.6 is 0 Å². The number of amides is 1. The molecule has 0 saturated carbocycles. The van der Waals surface area contributed by atoms with Gasteiger partial charge in [-0.15, -0.1) is 0 Å². The van der Waals surface area contributed by atoms with Gasteiger partial charge in [0.05, 0.1) is 12.2 Å². The number of carbonyl (C=O) groups is 1. The molecule has 1 amide bonds. The highest BCUT2D eigenvalue weighted by atomic mass is 16.5. The lowest BCUT2D eigenvalue weighted by Crippen LogP contribution is -2.51. The van der Waals surface area contributed by atoms with E-state index < -0.39 is 0 Å². The maximum atomic E-state index is 13.0. The monoisotopic (exact) mass is 362 g/mol. The highest BCUT2D eigenvalue weighted by Gasteiger charge is 2.30. The van der Waals surface area contributed by atoms with Gasteiger partial charge < -0.3 is 14.5 Å². The molecule has 0 bridgehead atoms. The van der Waals surface area contributed by atoms with Crippen LogP contribution in [0.25, 0.3) is 0 Å². The highest BCUT2D eigenvalue weighted by molar-refractivity contribution is 5.79. The summed E-state index contributed by atoms with van der Waals surface area (Å²) in [6, 6.07) is 13.7. The van der Waals surface area contributed by atoms with E-state index in [1.54, 1.807) is 12.3 Å². The Hall–Kier alpha value is -3.07. The van der Waals surface area contributed by atoms with Crippen LogP contribution in [0.3, 0.4) is 0 Å². The Morgan fingerprint density at radius 1 is 1.15 bits per heavy atom. The number of ether oxygens (including phenoxy) is 1. The van der Waals surface area contributed by atoms with Crippen LogP contribution in [0, 0.1) is 17.2 Å². The Balaban J connectivity index is 1.37. The third kappa shape index (κ3) is 3.72. The molecule has 1 aromatic carbocycles. The predicted molar refractivity (Wildman–Crippen MR) is 101 cm³/mol. The molecule has 1 fully saturated rings. The van der Waals surface area contributed by atoms with Crippen molar-refractivity contribution in [3.63, 3.8) is 0 Å². The average molecular weight is 362 g/mol. The van der Waals surface area contributed by atoms with Crippen LogP contribution < -0.4 is 9.64 Å². The standard InChI is InChI=1S/C21H22N4O2/c22-14-16-5-6-20(23-15-16)24-8-10-25(11-9-24)21(26)18-7-12-27-19-4-2-1-3-17(19)13-18/h1-6,15,18H,7-13H2/t18-/m1/s1. The molecule has 0 radical (unpaired) electrons. The summed E-state index contributed by atoms with van der Waals surface area (Å²) >= 11 is 0. The number of hydrogen-bond acceptors (Lipinski definition) is 5. The summed E-state index contributed by atoms with van der Waals surface area (Å²) in [5.41, 5.74) is 1.68. The molecule has 1 aromatic heterocycles. The molecule has 138 valence electrons. The minimum Gasteiger partial charge on any atom is -0.493 e. The lowest BCUT2D eigenvalue weighted by Gasteiger charge is -2.37. The molecule has 0 unspecified atom stereocenters. The lowest BCUT2D eigenvalue weighted by atomic mass is 9.95. The molecule has 4 rings (SSSR count). The Morgan fingerprint density at radius 2 is 1.96 bits per heavy atom. The first-order valence-corrected chi connectivity index (χ1v) is 9.35. The van der Waals surface area contributed by atoms with Gasteiger partial charge >= 0.3 is 0 Å². The predicted octanol–water partition coefficient (Wildman–Crippen LogP) is 2.24. The molecule has 1 atom stereocenters. The van der Waals surface area contributed by atoms with Gasteiger partial charge in [-0.3, -0.25) is 4.79 Å². The van der Waals surface area contributed by atoms with Crippen molar-refractivity contribution in [2.75, 3.05) is 37.7 Å². The number of benzene rings is 1. The van der Waals surface area contributed by atoms with Crippen molar-refractivity contribution in [3.8, 4) is 11.8 Å². The molecule has 0 aliphatic carbocycles. The molecule has 6 nitrogen and oxygen atoms in total. The minimum absolute atomic E-state index is 0.0202. The topological polar surface area (TPSA) is 69.5 Å². The smallest absolute Gasteiger partial charge is 0.226 e. The van der Waals surface area contributed by atoms with Crippen LogP contribution in [-0.2, 0) is 11.2 Å². The van der Waals surface area contributed by atoms with Crippen LogP contribution in [0.5, 0.6) is 5.75 Å². The number of aromatic nitrogens is 1. The molecule has 2 aliphatic rings. The third-order valence-electron chi connectivity index (χ3n) is 5.30. The molecular formula is C21H22N4O2. The van der Waals surface area contributed by atoms with Crippen molar-refractivity contribution in [2.45, 2.75) is 12.8 Å². The van der Waals surface area contributed by atoms with E-state index in [1.807, 2.05) is 29.2 Å². The second-order valence-corrected chi connectivity index (χ2v) is 6.98. The van der Waals surface area contributed by atoms with Gasteiger partial charge in [0.15, 0.2) is 0 Å². The molecule has 0 N–H and O–H groups in total. The molecule has 0 spiro atoms. The molecule has 3 heterocycles. The van der Waals surface area contributed by atoms with Gasteiger partial charge in [0.1, 0.15) is 17.6 Å². The molecule has 1 saturated heterocycles. The quantitative estimate of drug-likeness (QED) is 0.819. The number of pyridine rings is 1. The van der Waals surface area contributed by atoms with E-state index in [9.17, 15) is 4.79 Å². The number of para-hydroxylation sites is 1. The van der Waals surface area contributed by atoms with Crippen molar-refractivity contribution >= 4 is 11.7 Å². The summed E-state index contributed by atoms with van der Waals surface area (Å²) in [7, 11) is 0. The van der Waals surface area contributed by atoms with Crippen LogP contribution in [0.1, 0.15) is 17.5 Å². The van der Waals surface area contributed by atoms with Crippen LogP contribution in [-0.4, -0.2) is 48.6 Å². The number of carbonyl (C=O) groups excluding carboxylic acids is 1. The number of piperazine rings is 1. The molecule has 6 heteroatoms. The maximum Gasteiger partial charge on any atom is 0.226 e. The third-order valence-corrected chi connectivity index (χ3v) is 5.30. The Bertz CT molecular complexity index is 851. The number of nitrogens with zero attached hydrogens (tertiary/aromatic N) is 4. The number of anilines is 1. The van der Waals surface area contributed by atoms with Gasteiger partial charge in [0.25, 0.3) is 0 Å². The zero-order valence-electron chi connectivity index (χ0n) is 15.2. The largest absolute Gasteiger partial charge is 0.493 e. The summed E-state index contributed by atoms with van der Waals surface area (Å²) in [5, 5.41) is 8.88. The fourth-order valence-corrected chi connectivity index (χ4v) is 3.76. The Morgan fingerprint density at radius 3 is 2.70 bits per heavy atom. The first-order valence-electron chi connectivity index (χ1n) is 9.35. The van der Waals surface area contributed by atoms with E-state index in [-0.39, 0.29) is 11.8 Å². The van der Waals surface area contributed by atoms with Crippen molar-refractivity contribution in [1.29, 1.82) is 5.26 Å². The zero-order valence-corrected chi connectivity index (χ0v) is 15.2. The molecular weight excluding hydrogens is 340 g/mol. The van der Waals surface area contributed by atoms with E-state index in [4.69, 9.17) is 10.00 Å². The molecule has 2 aromatic rings. The minimum atomic E-state index is -0.0202. The summed E-state index contributed by atoms with van der Waals surface area (Å²) in [6.07, 6.45) is 3.09. The van der Waals surface area contributed by atoms with Gasteiger partial charge in [0, 0.05) is 38.3 Å². The van der Waals surface area contributed by atoms with Crippen LogP contribution in [0.2, 0.25) is 0 Å². The van der Waals surface area contributed by atoms with Gasteiger partial charge in [-0.2, -0.15) is 5.26 Å². The summed E-state index contributed by atoms with van der Waals surface area (Å²) in [4.78, 5) is 21.5. The van der Waals surface area contributed by atoms with Gasteiger partial charge in [-0.25, -0.2) is 4.98 Å².